The van der Waals surface area contributed by atoms with E-state index in [4.69, 9.17) is 16.0 Å². The van der Waals surface area contributed by atoms with Crippen LogP contribution < -0.4 is 5.32 Å². The number of hydrogen-bond acceptors (Lipinski definition) is 4. The molecule has 1 amide bonds. The molecule has 0 saturated carbocycles. The smallest absolute Gasteiger partial charge is 0.274 e. The van der Waals surface area contributed by atoms with Crippen LogP contribution in [0.2, 0.25) is 5.02 Å². The first kappa shape index (κ1) is 17.8. The van der Waals surface area contributed by atoms with Gasteiger partial charge in [-0.1, -0.05) is 11.6 Å². The van der Waals surface area contributed by atoms with Crippen molar-refractivity contribution in [3.05, 3.63) is 59.4 Å². The van der Waals surface area contributed by atoms with E-state index in [1.54, 1.807) is 34.0 Å². The van der Waals surface area contributed by atoms with E-state index in [1.165, 1.54) is 0 Å². The number of hydrogen-bond donors (Lipinski definition) is 1. The predicted molar refractivity (Wildman–Crippen MR) is 104 cm³/mol. The third kappa shape index (κ3) is 3.63. The maximum absolute atomic E-state index is 13.0. The summed E-state index contributed by atoms with van der Waals surface area (Å²) in [5.41, 5.74) is 1.94. The van der Waals surface area contributed by atoms with Crippen LogP contribution in [0, 0.1) is 0 Å². The summed E-state index contributed by atoms with van der Waals surface area (Å²) in [5, 5.41) is 8.56. The highest BCUT2D eigenvalue weighted by molar-refractivity contribution is 6.30. The van der Waals surface area contributed by atoms with E-state index >= 15 is 0 Å². The summed E-state index contributed by atoms with van der Waals surface area (Å²) in [6.07, 6.45) is 3.51. The summed E-state index contributed by atoms with van der Waals surface area (Å²) in [6.45, 7) is 1.86. The fourth-order valence-corrected chi connectivity index (χ4v) is 3.53. The Balaban J connectivity index is 1.70. The molecule has 1 N–H and O–H groups in total. The molecule has 1 aliphatic heterocycles. The number of piperidine rings is 1. The van der Waals surface area contributed by atoms with Crippen molar-refractivity contribution in [2.75, 3.05) is 20.1 Å². The summed E-state index contributed by atoms with van der Waals surface area (Å²) < 4.78 is 7.28. The number of aromatic nitrogens is 2. The minimum atomic E-state index is -0.0811. The predicted octanol–water partition coefficient (Wildman–Crippen LogP) is 3.61. The molecule has 0 unspecified atom stereocenters. The molecular formula is C20H21ClN4O2. The number of benzene rings is 1. The summed E-state index contributed by atoms with van der Waals surface area (Å²) in [5.74, 6) is 0.573. The van der Waals surface area contributed by atoms with Crippen molar-refractivity contribution in [3.63, 3.8) is 0 Å². The molecule has 0 spiro atoms. The minimum Gasteiger partial charge on any atom is -0.463 e. The molecule has 0 atom stereocenters. The van der Waals surface area contributed by atoms with Gasteiger partial charge in [-0.2, -0.15) is 5.10 Å². The van der Waals surface area contributed by atoms with Crippen molar-refractivity contribution >= 4 is 17.5 Å². The van der Waals surface area contributed by atoms with Gasteiger partial charge < -0.3 is 14.6 Å². The van der Waals surface area contributed by atoms with E-state index in [-0.39, 0.29) is 11.9 Å². The van der Waals surface area contributed by atoms with Crippen LogP contribution in [0.5, 0.6) is 0 Å². The van der Waals surface area contributed by atoms with Crippen molar-refractivity contribution in [2.45, 2.75) is 18.9 Å². The molecule has 3 heterocycles. The van der Waals surface area contributed by atoms with Gasteiger partial charge in [0.25, 0.3) is 5.91 Å². The highest BCUT2D eigenvalue weighted by atomic mass is 35.5. The van der Waals surface area contributed by atoms with Crippen molar-refractivity contribution in [3.8, 4) is 17.1 Å². The van der Waals surface area contributed by atoms with E-state index < -0.39 is 0 Å². The molecule has 27 heavy (non-hydrogen) atoms. The lowest BCUT2D eigenvalue weighted by Gasteiger charge is -2.31. The van der Waals surface area contributed by atoms with Crippen molar-refractivity contribution in [2.24, 2.45) is 0 Å². The van der Waals surface area contributed by atoms with E-state index in [2.05, 4.69) is 10.4 Å². The highest BCUT2D eigenvalue weighted by Gasteiger charge is 2.26. The van der Waals surface area contributed by atoms with Gasteiger partial charge in [-0.15, -0.1) is 0 Å². The van der Waals surface area contributed by atoms with Crippen LogP contribution in [0.4, 0.5) is 0 Å². The normalized spacial score (nSPS) is 15.0. The average molecular weight is 385 g/mol. The van der Waals surface area contributed by atoms with Crippen molar-refractivity contribution in [1.82, 2.24) is 20.0 Å². The van der Waals surface area contributed by atoms with Crippen LogP contribution in [-0.2, 0) is 0 Å². The monoisotopic (exact) mass is 384 g/mol. The van der Waals surface area contributed by atoms with Crippen molar-refractivity contribution < 1.29 is 9.21 Å². The van der Waals surface area contributed by atoms with E-state index in [0.29, 0.717) is 16.5 Å². The fraction of sp³-hybridized carbons (Fsp3) is 0.300. The maximum Gasteiger partial charge on any atom is 0.274 e. The molecule has 0 aliphatic carbocycles. The number of nitrogens with one attached hydrogen (secondary N) is 1. The second-order valence-corrected chi connectivity index (χ2v) is 7.11. The molecule has 0 bridgehead atoms. The van der Waals surface area contributed by atoms with Gasteiger partial charge in [-0.05, 0) is 62.3 Å². The summed E-state index contributed by atoms with van der Waals surface area (Å²) in [7, 11) is 1.85. The molecule has 1 aromatic carbocycles. The third-order valence-corrected chi connectivity index (χ3v) is 5.20. The van der Waals surface area contributed by atoms with Gasteiger partial charge in [0.2, 0.25) is 0 Å². The van der Waals surface area contributed by atoms with Gasteiger partial charge in [0.15, 0.2) is 11.5 Å². The molecule has 1 saturated heterocycles. The zero-order valence-electron chi connectivity index (χ0n) is 15.1. The van der Waals surface area contributed by atoms with Gasteiger partial charge in [0.1, 0.15) is 5.69 Å². The lowest BCUT2D eigenvalue weighted by atomic mass is 10.1. The number of halogens is 1. The van der Waals surface area contributed by atoms with Crippen molar-refractivity contribution in [1.29, 1.82) is 0 Å². The molecule has 2 aromatic heterocycles. The number of rotatable bonds is 4. The first-order valence-electron chi connectivity index (χ1n) is 9.01. The van der Waals surface area contributed by atoms with Gasteiger partial charge in [0, 0.05) is 24.2 Å². The Kier molecular flexibility index (Phi) is 5.01. The number of carbonyl (C=O) groups excluding carboxylic acids is 1. The standard InChI is InChI=1S/C20H21ClN4O2/c1-24(15-8-10-22-11-9-15)20(26)17-13-18(19-3-2-12-27-19)25(23-17)16-6-4-14(21)5-7-16/h2-7,12-13,15,22H,8-11H2,1H3. The molecule has 140 valence electrons. The molecule has 4 rings (SSSR count). The number of amides is 1. The Morgan fingerprint density at radius 1 is 1.26 bits per heavy atom. The van der Waals surface area contributed by atoms with Gasteiger partial charge in [0.05, 0.1) is 12.0 Å². The van der Waals surface area contributed by atoms with E-state index in [1.807, 2.05) is 31.3 Å². The molecule has 1 fully saturated rings. The fourth-order valence-electron chi connectivity index (χ4n) is 3.41. The Hall–Kier alpha value is -2.57. The highest BCUT2D eigenvalue weighted by Crippen LogP contribution is 2.26. The topological polar surface area (TPSA) is 63.3 Å². The molecule has 6 nitrogen and oxygen atoms in total. The zero-order valence-corrected chi connectivity index (χ0v) is 15.8. The lowest BCUT2D eigenvalue weighted by molar-refractivity contribution is 0.0697. The molecule has 0 radical (unpaired) electrons. The largest absolute Gasteiger partial charge is 0.463 e. The van der Waals surface area contributed by atoms with Crippen LogP contribution in [0.3, 0.4) is 0 Å². The third-order valence-electron chi connectivity index (χ3n) is 4.95. The Bertz CT molecular complexity index is 912. The molecule has 3 aromatic rings. The number of nitrogens with zero attached hydrogens (tertiary/aromatic N) is 3. The van der Waals surface area contributed by atoms with Crippen LogP contribution in [0.25, 0.3) is 17.1 Å². The first-order chi connectivity index (χ1) is 13.1. The van der Waals surface area contributed by atoms with Gasteiger partial charge in [-0.3, -0.25) is 4.79 Å². The molecule has 1 aliphatic rings. The van der Waals surface area contributed by atoms with Gasteiger partial charge >= 0.3 is 0 Å². The molecule has 7 heteroatoms. The second-order valence-electron chi connectivity index (χ2n) is 6.68. The van der Waals surface area contributed by atoms with Gasteiger partial charge in [-0.25, -0.2) is 4.68 Å². The minimum absolute atomic E-state index is 0.0811. The maximum atomic E-state index is 13.0. The Morgan fingerprint density at radius 2 is 2.00 bits per heavy atom. The summed E-state index contributed by atoms with van der Waals surface area (Å²) in [6, 6.07) is 13.0. The second kappa shape index (κ2) is 7.58. The summed E-state index contributed by atoms with van der Waals surface area (Å²) in [4.78, 5) is 14.8. The first-order valence-corrected chi connectivity index (χ1v) is 9.39. The Labute approximate surface area is 162 Å². The number of furan rings is 1. The van der Waals surface area contributed by atoms with E-state index in [0.717, 1.165) is 37.3 Å². The van der Waals surface area contributed by atoms with Crippen LogP contribution in [-0.4, -0.2) is 46.8 Å². The van der Waals surface area contributed by atoms with Crippen LogP contribution in [0.15, 0.2) is 53.1 Å². The van der Waals surface area contributed by atoms with Crippen LogP contribution >= 0.6 is 11.6 Å². The zero-order chi connectivity index (χ0) is 18.8. The summed E-state index contributed by atoms with van der Waals surface area (Å²) >= 11 is 6.01. The lowest BCUT2D eigenvalue weighted by Crippen LogP contribution is -2.44. The van der Waals surface area contributed by atoms with E-state index in [9.17, 15) is 4.79 Å². The SMILES string of the molecule is CN(C(=O)c1cc(-c2ccco2)n(-c2ccc(Cl)cc2)n1)C1CCNCC1. The Morgan fingerprint density at radius 3 is 2.67 bits per heavy atom. The van der Waals surface area contributed by atoms with Crippen LogP contribution in [0.1, 0.15) is 23.3 Å². The molecular weight excluding hydrogens is 364 g/mol. The quantitative estimate of drug-likeness (QED) is 0.746. The average Bonchev–Trinajstić information content (AvgIpc) is 3.38. The number of carbonyl (C=O) groups is 1.